The van der Waals surface area contributed by atoms with Crippen molar-refractivity contribution in [2.45, 2.75) is 39.4 Å². The summed E-state index contributed by atoms with van der Waals surface area (Å²) in [6, 6.07) is 7.40. The van der Waals surface area contributed by atoms with Crippen molar-refractivity contribution in [2.75, 3.05) is 0 Å². The van der Waals surface area contributed by atoms with Gasteiger partial charge in [-0.15, -0.1) is 0 Å². The Hall–Kier alpha value is -1.35. The lowest BCUT2D eigenvalue weighted by Crippen LogP contribution is -2.38. The number of carbonyl (C=O) groups is 1. The van der Waals surface area contributed by atoms with Crippen LogP contribution in [0.5, 0.6) is 0 Å². The van der Waals surface area contributed by atoms with Crippen molar-refractivity contribution < 1.29 is 14.6 Å². The van der Waals surface area contributed by atoms with Crippen LogP contribution in [0.4, 0.5) is 0 Å². The van der Waals surface area contributed by atoms with Crippen molar-refractivity contribution >= 4 is 5.97 Å². The van der Waals surface area contributed by atoms with E-state index in [-0.39, 0.29) is 6.10 Å². The highest BCUT2D eigenvalue weighted by Crippen LogP contribution is 2.29. The van der Waals surface area contributed by atoms with Gasteiger partial charge in [-0.2, -0.15) is 0 Å². The van der Waals surface area contributed by atoms with Crippen LogP contribution in [0.3, 0.4) is 0 Å². The molecule has 0 heterocycles. The summed E-state index contributed by atoms with van der Waals surface area (Å²) in [5.74, 6) is -0.962. The third kappa shape index (κ3) is 2.42. The summed E-state index contributed by atoms with van der Waals surface area (Å²) in [7, 11) is 0. The van der Waals surface area contributed by atoms with Crippen LogP contribution in [0.2, 0.25) is 0 Å². The molecule has 0 aliphatic rings. The highest BCUT2D eigenvalue weighted by Gasteiger charge is 2.38. The molecular formula is C13H18O3. The molecule has 0 bridgehead atoms. The highest BCUT2D eigenvalue weighted by atomic mass is 16.5. The number of carboxylic acid groups (broad SMARTS) is 1. The molecule has 0 saturated heterocycles. The number of benzene rings is 1. The maximum atomic E-state index is 11.4. The number of carboxylic acids is 1. The van der Waals surface area contributed by atoms with Crippen LogP contribution in [0.25, 0.3) is 0 Å². The third-order valence-corrected chi connectivity index (χ3v) is 2.54. The Morgan fingerprint density at radius 1 is 1.38 bits per heavy atom. The molecule has 1 unspecified atom stereocenters. The first-order valence-corrected chi connectivity index (χ1v) is 5.35. The third-order valence-electron chi connectivity index (χ3n) is 2.54. The summed E-state index contributed by atoms with van der Waals surface area (Å²) in [5.41, 5.74) is 0.351. The lowest BCUT2D eigenvalue weighted by Gasteiger charge is -2.29. The Bertz CT molecular complexity index is 385. The average Bonchev–Trinajstić information content (AvgIpc) is 2.16. The van der Waals surface area contributed by atoms with Crippen molar-refractivity contribution in [3.05, 3.63) is 35.4 Å². The summed E-state index contributed by atoms with van der Waals surface area (Å²) in [6.07, 6.45) is -0.138. The maximum Gasteiger partial charge on any atom is 0.340 e. The van der Waals surface area contributed by atoms with Gasteiger partial charge in [-0.25, -0.2) is 4.79 Å². The Morgan fingerprint density at radius 3 is 2.38 bits per heavy atom. The fraction of sp³-hybridized carbons (Fsp3) is 0.462. The molecule has 0 saturated carbocycles. The molecule has 16 heavy (non-hydrogen) atoms. The van der Waals surface area contributed by atoms with E-state index in [1.165, 1.54) is 0 Å². The number of rotatable bonds is 4. The minimum Gasteiger partial charge on any atom is -0.479 e. The standard InChI is InChI=1S/C13H18O3/c1-9(2)16-13(4,12(14)15)11-8-6-5-7-10(11)3/h5-9H,1-4H3,(H,14,15). The van der Waals surface area contributed by atoms with Crippen molar-refractivity contribution in [3.8, 4) is 0 Å². The molecule has 3 nitrogen and oxygen atoms in total. The predicted octanol–water partition coefficient (Wildman–Crippen LogP) is 2.72. The van der Waals surface area contributed by atoms with E-state index >= 15 is 0 Å². The van der Waals surface area contributed by atoms with Gasteiger partial charge in [0.25, 0.3) is 0 Å². The summed E-state index contributed by atoms with van der Waals surface area (Å²) >= 11 is 0. The van der Waals surface area contributed by atoms with Gasteiger partial charge in [-0.3, -0.25) is 0 Å². The quantitative estimate of drug-likeness (QED) is 0.852. The molecule has 3 heteroatoms. The van der Waals surface area contributed by atoms with E-state index in [1.807, 2.05) is 39.0 Å². The first kappa shape index (κ1) is 12.7. The van der Waals surface area contributed by atoms with Gasteiger partial charge in [0.15, 0.2) is 5.60 Å². The Balaban J connectivity index is 3.22. The molecule has 0 amide bonds. The van der Waals surface area contributed by atoms with Crippen molar-refractivity contribution in [1.29, 1.82) is 0 Å². The van der Waals surface area contributed by atoms with E-state index in [2.05, 4.69) is 0 Å². The van der Waals surface area contributed by atoms with Crippen LogP contribution in [0.15, 0.2) is 24.3 Å². The number of aryl methyl sites for hydroxylation is 1. The minimum absolute atomic E-state index is 0.138. The zero-order valence-electron chi connectivity index (χ0n) is 10.2. The first-order valence-electron chi connectivity index (χ1n) is 5.35. The van der Waals surface area contributed by atoms with Gasteiger partial charge < -0.3 is 9.84 Å². The number of hydrogen-bond donors (Lipinski definition) is 1. The van der Waals surface area contributed by atoms with E-state index < -0.39 is 11.6 Å². The molecule has 1 aromatic rings. The lowest BCUT2D eigenvalue weighted by atomic mass is 9.91. The van der Waals surface area contributed by atoms with Gasteiger partial charge >= 0.3 is 5.97 Å². The largest absolute Gasteiger partial charge is 0.479 e. The van der Waals surface area contributed by atoms with E-state index in [1.54, 1.807) is 13.0 Å². The molecule has 1 N–H and O–H groups in total. The second kappa shape index (κ2) is 4.66. The Labute approximate surface area is 96.1 Å². The van der Waals surface area contributed by atoms with Gasteiger partial charge in [0.05, 0.1) is 6.10 Å². The van der Waals surface area contributed by atoms with Gasteiger partial charge in [0, 0.05) is 0 Å². The number of aliphatic carboxylic acids is 1. The van der Waals surface area contributed by atoms with Crippen molar-refractivity contribution in [3.63, 3.8) is 0 Å². The summed E-state index contributed by atoms with van der Waals surface area (Å²) < 4.78 is 5.57. The Kier molecular flexibility index (Phi) is 3.70. The van der Waals surface area contributed by atoms with Gasteiger partial charge in [-0.1, -0.05) is 24.3 Å². The fourth-order valence-corrected chi connectivity index (χ4v) is 1.81. The molecule has 0 fully saturated rings. The Morgan fingerprint density at radius 2 is 1.94 bits per heavy atom. The topological polar surface area (TPSA) is 46.5 Å². The normalized spacial score (nSPS) is 14.8. The smallest absolute Gasteiger partial charge is 0.340 e. The predicted molar refractivity (Wildman–Crippen MR) is 62.4 cm³/mol. The molecular weight excluding hydrogens is 204 g/mol. The fourth-order valence-electron chi connectivity index (χ4n) is 1.81. The number of hydrogen-bond acceptors (Lipinski definition) is 2. The van der Waals surface area contributed by atoms with Crippen LogP contribution in [-0.2, 0) is 15.1 Å². The molecule has 0 aliphatic carbocycles. The molecule has 1 rings (SSSR count). The van der Waals surface area contributed by atoms with Gasteiger partial charge in [0.2, 0.25) is 0 Å². The van der Waals surface area contributed by atoms with E-state index in [9.17, 15) is 9.90 Å². The maximum absolute atomic E-state index is 11.4. The zero-order valence-corrected chi connectivity index (χ0v) is 10.2. The molecule has 0 aliphatic heterocycles. The van der Waals surface area contributed by atoms with Gasteiger partial charge in [-0.05, 0) is 38.8 Å². The second-order valence-electron chi connectivity index (χ2n) is 4.32. The monoisotopic (exact) mass is 222 g/mol. The average molecular weight is 222 g/mol. The van der Waals surface area contributed by atoms with Crippen molar-refractivity contribution in [1.82, 2.24) is 0 Å². The van der Waals surface area contributed by atoms with Gasteiger partial charge in [0.1, 0.15) is 0 Å². The molecule has 1 atom stereocenters. The van der Waals surface area contributed by atoms with Crippen LogP contribution >= 0.6 is 0 Å². The molecule has 1 aromatic carbocycles. The zero-order chi connectivity index (χ0) is 12.3. The van der Waals surface area contributed by atoms with E-state index in [4.69, 9.17) is 4.74 Å². The van der Waals surface area contributed by atoms with Crippen LogP contribution in [-0.4, -0.2) is 17.2 Å². The van der Waals surface area contributed by atoms with E-state index in [0.29, 0.717) is 5.56 Å². The van der Waals surface area contributed by atoms with Crippen LogP contribution in [0, 0.1) is 6.92 Å². The van der Waals surface area contributed by atoms with Crippen molar-refractivity contribution in [2.24, 2.45) is 0 Å². The SMILES string of the molecule is Cc1ccccc1C(C)(OC(C)C)C(=O)O. The first-order chi connectivity index (χ1) is 7.38. The summed E-state index contributed by atoms with van der Waals surface area (Å²) in [6.45, 7) is 7.15. The lowest BCUT2D eigenvalue weighted by molar-refractivity contribution is -0.170. The summed E-state index contributed by atoms with van der Waals surface area (Å²) in [4.78, 5) is 11.4. The molecule has 0 radical (unpaired) electrons. The number of ether oxygens (including phenoxy) is 1. The molecule has 0 aromatic heterocycles. The molecule has 88 valence electrons. The minimum atomic E-state index is -1.28. The van der Waals surface area contributed by atoms with Crippen LogP contribution < -0.4 is 0 Å². The second-order valence-corrected chi connectivity index (χ2v) is 4.32. The van der Waals surface area contributed by atoms with E-state index in [0.717, 1.165) is 5.56 Å². The highest BCUT2D eigenvalue weighted by molar-refractivity contribution is 5.79. The molecule has 0 spiro atoms. The van der Waals surface area contributed by atoms with Crippen LogP contribution in [0.1, 0.15) is 31.9 Å². The summed E-state index contributed by atoms with van der Waals surface area (Å²) in [5, 5.41) is 9.33.